The Balaban J connectivity index is 1.86. The summed E-state index contributed by atoms with van der Waals surface area (Å²) in [7, 11) is 1.71. The van der Waals surface area contributed by atoms with E-state index in [1.54, 1.807) is 7.11 Å². The summed E-state index contributed by atoms with van der Waals surface area (Å²) in [6, 6.07) is 8.14. The van der Waals surface area contributed by atoms with Crippen molar-refractivity contribution in [3.05, 3.63) is 29.8 Å². The Morgan fingerprint density at radius 3 is 2.50 bits per heavy atom. The first-order valence-electron chi connectivity index (χ1n) is 8.05. The van der Waals surface area contributed by atoms with Crippen molar-refractivity contribution in [1.82, 2.24) is 10.2 Å². The number of nitrogens with zero attached hydrogens (tertiary/aromatic N) is 1. The number of piperidine rings is 1. The highest BCUT2D eigenvalue weighted by molar-refractivity contribution is 5.79. The summed E-state index contributed by atoms with van der Waals surface area (Å²) in [5.74, 6) is 1.28. The normalized spacial score (nSPS) is 17.3. The molecule has 122 valence electrons. The van der Waals surface area contributed by atoms with Crippen molar-refractivity contribution in [2.24, 2.45) is 5.92 Å². The van der Waals surface area contributed by atoms with Crippen LogP contribution < -0.4 is 10.1 Å². The summed E-state index contributed by atoms with van der Waals surface area (Å²) in [6.45, 7) is 8.89. The fourth-order valence-corrected chi connectivity index (χ4v) is 2.90. The summed E-state index contributed by atoms with van der Waals surface area (Å²) >= 11 is 0. The van der Waals surface area contributed by atoms with Gasteiger partial charge in [-0.1, -0.05) is 18.2 Å². The molecule has 4 heteroatoms. The molecular weight excluding hydrogens is 276 g/mol. The van der Waals surface area contributed by atoms with Gasteiger partial charge in [0.25, 0.3) is 0 Å². The minimum absolute atomic E-state index is 0.146. The number of para-hydroxylation sites is 1. The maximum atomic E-state index is 12.2. The van der Waals surface area contributed by atoms with E-state index in [0.29, 0.717) is 0 Å². The SMILES string of the molecule is COc1ccccc1CN1CCC(C(=O)NC(C)(C)C)CC1. The van der Waals surface area contributed by atoms with Gasteiger partial charge in [-0.05, 0) is 52.8 Å². The van der Waals surface area contributed by atoms with E-state index in [2.05, 4.69) is 16.3 Å². The third-order valence-electron chi connectivity index (χ3n) is 4.04. The molecule has 0 aliphatic carbocycles. The number of nitrogens with one attached hydrogen (secondary N) is 1. The van der Waals surface area contributed by atoms with Gasteiger partial charge in [-0.15, -0.1) is 0 Å². The Morgan fingerprint density at radius 1 is 1.27 bits per heavy atom. The van der Waals surface area contributed by atoms with Crippen LogP contribution in [0, 0.1) is 5.92 Å². The molecule has 1 aliphatic heterocycles. The van der Waals surface area contributed by atoms with Crippen LogP contribution in [-0.4, -0.2) is 36.5 Å². The van der Waals surface area contributed by atoms with Crippen molar-refractivity contribution in [3.8, 4) is 5.75 Å². The number of hydrogen-bond donors (Lipinski definition) is 1. The van der Waals surface area contributed by atoms with Crippen molar-refractivity contribution in [3.63, 3.8) is 0 Å². The van der Waals surface area contributed by atoms with Gasteiger partial charge in [0, 0.05) is 23.6 Å². The molecule has 0 bridgehead atoms. The smallest absolute Gasteiger partial charge is 0.223 e. The number of carbonyl (C=O) groups is 1. The lowest BCUT2D eigenvalue weighted by Gasteiger charge is -2.33. The highest BCUT2D eigenvalue weighted by atomic mass is 16.5. The second-order valence-electron chi connectivity index (χ2n) is 7.10. The molecule has 1 aliphatic rings. The fraction of sp³-hybridized carbons (Fsp3) is 0.611. The Hall–Kier alpha value is -1.55. The molecule has 0 unspecified atom stereocenters. The third kappa shape index (κ3) is 4.73. The van der Waals surface area contributed by atoms with E-state index in [9.17, 15) is 4.79 Å². The molecule has 1 N–H and O–H groups in total. The topological polar surface area (TPSA) is 41.6 Å². The van der Waals surface area contributed by atoms with E-state index in [1.165, 1.54) is 5.56 Å². The summed E-state index contributed by atoms with van der Waals surface area (Å²) in [5.41, 5.74) is 1.06. The first-order chi connectivity index (χ1) is 10.4. The van der Waals surface area contributed by atoms with Crippen molar-refractivity contribution < 1.29 is 9.53 Å². The molecule has 0 radical (unpaired) electrons. The first kappa shape index (κ1) is 16.8. The molecule has 2 rings (SSSR count). The predicted molar refractivity (Wildman–Crippen MR) is 88.9 cm³/mol. The van der Waals surface area contributed by atoms with Crippen LogP contribution in [0.1, 0.15) is 39.2 Å². The van der Waals surface area contributed by atoms with Crippen LogP contribution in [0.2, 0.25) is 0 Å². The molecule has 0 aromatic heterocycles. The van der Waals surface area contributed by atoms with Crippen LogP contribution in [0.5, 0.6) is 5.75 Å². The van der Waals surface area contributed by atoms with Crippen molar-refractivity contribution >= 4 is 5.91 Å². The molecule has 0 atom stereocenters. The average Bonchev–Trinajstić information content (AvgIpc) is 2.47. The largest absolute Gasteiger partial charge is 0.496 e. The van der Waals surface area contributed by atoms with E-state index in [0.717, 1.165) is 38.2 Å². The number of hydrogen-bond acceptors (Lipinski definition) is 3. The Kier molecular flexibility index (Phi) is 5.46. The number of rotatable bonds is 4. The zero-order valence-corrected chi connectivity index (χ0v) is 14.2. The molecule has 1 fully saturated rings. The van der Waals surface area contributed by atoms with Crippen LogP contribution >= 0.6 is 0 Å². The lowest BCUT2D eigenvalue weighted by molar-refractivity contribution is -0.127. The molecule has 1 heterocycles. The van der Waals surface area contributed by atoms with Gasteiger partial charge >= 0.3 is 0 Å². The minimum Gasteiger partial charge on any atom is -0.496 e. The van der Waals surface area contributed by atoms with Crippen molar-refractivity contribution in [2.75, 3.05) is 20.2 Å². The highest BCUT2D eigenvalue weighted by Gasteiger charge is 2.27. The Labute approximate surface area is 133 Å². The highest BCUT2D eigenvalue weighted by Crippen LogP contribution is 2.23. The molecule has 0 spiro atoms. The molecule has 1 saturated heterocycles. The summed E-state index contributed by atoms with van der Waals surface area (Å²) < 4.78 is 5.41. The number of benzene rings is 1. The standard InChI is InChI=1S/C18H28N2O2/c1-18(2,3)19-17(21)14-9-11-20(12-10-14)13-15-7-5-6-8-16(15)22-4/h5-8,14H,9-13H2,1-4H3,(H,19,21). The van der Waals surface area contributed by atoms with Gasteiger partial charge in [0.15, 0.2) is 0 Å². The van der Waals surface area contributed by atoms with E-state index in [1.807, 2.05) is 39.0 Å². The summed E-state index contributed by atoms with van der Waals surface area (Å²) in [6.07, 6.45) is 1.86. The number of amides is 1. The summed E-state index contributed by atoms with van der Waals surface area (Å²) in [4.78, 5) is 14.6. The van der Waals surface area contributed by atoms with Gasteiger partial charge < -0.3 is 10.1 Å². The fourth-order valence-electron chi connectivity index (χ4n) is 2.90. The molecule has 1 aromatic carbocycles. The number of likely N-dealkylation sites (tertiary alicyclic amines) is 1. The number of carbonyl (C=O) groups excluding carboxylic acids is 1. The van der Waals surface area contributed by atoms with Crippen LogP contribution in [0.4, 0.5) is 0 Å². The van der Waals surface area contributed by atoms with Crippen LogP contribution in [0.3, 0.4) is 0 Å². The van der Waals surface area contributed by atoms with E-state index < -0.39 is 0 Å². The zero-order valence-electron chi connectivity index (χ0n) is 14.2. The van der Waals surface area contributed by atoms with Crippen molar-refractivity contribution in [2.45, 2.75) is 45.7 Å². The second kappa shape index (κ2) is 7.14. The van der Waals surface area contributed by atoms with Gasteiger partial charge in [-0.3, -0.25) is 9.69 Å². The van der Waals surface area contributed by atoms with E-state index >= 15 is 0 Å². The van der Waals surface area contributed by atoms with E-state index in [4.69, 9.17) is 4.74 Å². The Morgan fingerprint density at radius 2 is 1.91 bits per heavy atom. The molecule has 1 aromatic rings. The van der Waals surface area contributed by atoms with Gasteiger partial charge in [0.2, 0.25) is 5.91 Å². The first-order valence-corrected chi connectivity index (χ1v) is 8.05. The lowest BCUT2D eigenvalue weighted by atomic mass is 9.94. The molecule has 1 amide bonds. The molecule has 4 nitrogen and oxygen atoms in total. The minimum atomic E-state index is -0.147. The number of ether oxygens (including phenoxy) is 1. The third-order valence-corrected chi connectivity index (χ3v) is 4.04. The van der Waals surface area contributed by atoms with E-state index in [-0.39, 0.29) is 17.4 Å². The van der Waals surface area contributed by atoms with Gasteiger partial charge in [-0.25, -0.2) is 0 Å². The molecule has 22 heavy (non-hydrogen) atoms. The second-order valence-corrected chi connectivity index (χ2v) is 7.10. The monoisotopic (exact) mass is 304 g/mol. The molecule has 0 saturated carbocycles. The van der Waals surface area contributed by atoms with Crippen LogP contribution in [0.15, 0.2) is 24.3 Å². The van der Waals surface area contributed by atoms with Gasteiger partial charge in [0.1, 0.15) is 5.75 Å². The number of methoxy groups -OCH3 is 1. The quantitative estimate of drug-likeness (QED) is 0.930. The van der Waals surface area contributed by atoms with Crippen molar-refractivity contribution in [1.29, 1.82) is 0 Å². The lowest BCUT2D eigenvalue weighted by Crippen LogP contribution is -2.46. The maximum absolute atomic E-state index is 12.2. The Bertz CT molecular complexity index is 500. The zero-order chi connectivity index (χ0) is 16.2. The maximum Gasteiger partial charge on any atom is 0.223 e. The van der Waals surface area contributed by atoms with Gasteiger partial charge in [-0.2, -0.15) is 0 Å². The van der Waals surface area contributed by atoms with Crippen LogP contribution in [-0.2, 0) is 11.3 Å². The predicted octanol–water partition coefficient (Wildman–Crippen LogP) is 2.82. The van der Waals surface area contributed by atoms with Crippen LogP contribution in [0.25, 0.3) is 0 Å². The molecular formula is C18H28N2O2. The average molecular weight is 304 g/mol. The summed E-state index contributed by atoms with van der Waals surface area (Å²) in [5, 5.41) is 3.09. The van der Waals surface area contributed by atoms with Gasteiger partial charge in [0.05, 0.1) is 7.11 Å².